The van der Waals surface area contributed by atoms with Crippen molar-refractivity contribution in [3.05, 3.63) is 59.7 Å². The van der Waals surface area contributed by atoms with Gasteiger partial charge in [-0.15, -0.1) is 0 Å². The highest BCUT2D eigenvalue weighted by molar-refractivity contribution is 5.89. The minimum atomic E-state index is -1.12. The van der Waals surface area contributed by atoms with Crippen molar-refractivity contribution in [2.45, 2.75) is 24.5 Å². The van der Waals surface area contributed by atoms with Crippen LogP contribution in [-0.2, 0) is 23.9 Å². The fourth-order valence-corrected chi connectivity index (χ4v) is 4.62. The van der Waals surface area contributed by atoms with E-state index < -0.39 is 29.9 Å². The number of amides is 3. The second kappa shape index (κ2) is 10.6. The lowest BCUT2D eigenvalue weighted by molar-refractivity contribution is -0.148. The lowest BCUT2D eigenvalue weighted by Gasteiger charge is -2.21. The standard InChI is InChI=1S/C25H27N3O7/c1-34-15-10-21(24(31)32)28(13-15)23(30)12-26-22(29)11-27-25(33)35-14-20-18-8-4-2-6-16(18)17-7-3-5-9-19(17)20/h2-9,15,20-21H,10-14H2,1H3,(H,26,29)(H,27,33)(H,31,32). The molecule has 0 aromatic heterocycles. The van der Waals surface area contributed by atoms with Gasteiger partial charge in [0.1, 0.15) is 19.2 Å². The van der Waals surface area contributed by atoms with Gasteiger partial charge in [-0.3, -0.25) is 9.59 Å². The van der Waals surface area contributed by atoms with Crippen LogP contribution in [-0.4, -0.2) is 79.4 Å². The number of methoxy groups -OCH3 is 1. The van der Waals surface area contributed by atoms with Crippen LogP contribution in [0.2, 0.25) is 0 Å². The first kappa shape index (κ1) is 24.2. The van der Waals surface area contributed by atoms with Crippen molar-refractivity contribution >= 4 is 23.9 Å². The molecule has 1 heterocycles. The number of nitrogens with zero attached hydrogens (tertiary/aromatic N) is 1. The number of ether oxygens (including phenoxy) is 2. The Morgan fingerprint density at radius 3 is 2.20 bits per heavy atom. The number of hydrogen-bond acceptors (Lipinski definition) is 6. The average molecular weight is 482 g/mol. The average Bonchev–Trinajstić information content (AvgIpc) is 3.45. The largest absolute Gasteiger partial charge is 0.480 e. The summed E-state index contributed by atoms with van der Waals surface area (Å²) in [5.74, 6) is -2.35. The van der Waals surface area contributed by atoms with E-state index in [9.17, 15) is 24.3 Å². The highest BCUT2D eigenvalue weighted by Gasteiger charge is 2.39. The lowest BCUT2D eigenvalue weighted by Crippen LogP contribution is -2.47. The van der Waals surface area contributed by atoms with E-state index in [1.807, 2.05) is 48.5 Å². The van der Waals surface area contributed by atoms with Gasteiger partial charge in [-0.1, -0.05) is 48.5 Å². The predicted octanol–water partition coefficient (Wildman–Crippen LogP) is 1.34. The third-order valence-electron chi connectivity index (χ3n) is 6.38. The smallest absolute Gasteiger partial charge is 0.407 e. The van der Waals surface area contributed by atoms with E-state index in [0.29, 0.717) is 0 Å². The summed E-state index contributed by atoms with van der Waals surface area (Å²) in [4.78, 5) is 49.3. The maximum Gasteiger partial charge on any atom is 0.407 e. The molecule has 1 aliphatic carbocycles. The maximum absolute atomic E-state index is 12.4. The number of benzene rings is 2. The van der Waals surface area contributed by atoms with Crippen molar-refractivity contribution in [3.63, 3.8) is 0 Å². The van der Waals surface area contributed by atoms with Gasteiger partial charge in [0.25, 0.3) is 0 Å². The van der Waals surface area contributed by atoms with E-state index in [2.05, 4.69) is 10.6 Å². The van der Waals surface area contributed by atoms with Gasteiger partial charge in [0, 0.05) is 26.0 Å². The van der Waals surface area contributed by atoms with E-state index in [4.69, 9.17) is 9.47 Å². The summed E-state index contributed by atoms with van der Waals surface area (Å²) in [7, 11) is 1.45. The van der Waals surface area contributed by atoms with E-state index in [1.54, 1.807) is 0 Å². The zero-order valence-corrected chi connectivity index (χ0v) is 19.2. The van der Waals surface area contributed by atoms with Gasteiger partial charge < -0.3 is 30.1 Å². The molecule has 184 valence electrons. The molecule has 0 radical (unpaired) electrons. The van der Waals surface area contributed by atoms with Crippen molar-refractivity contribution in [2.75, 3.05) is 33.4 Å². The minimum Gasteiger partial charge on any atom is -0.480 e. The molecule has 0 bridgehead atoms. The maximum atomic E-state index is 12.4. The fraction of sp³-hybridized carbons (Fsp3) is 0.360. The number of carbonyl (C=O) groups is 4. The second-order valence-electron chi connectivity index (χ2n) is 8.45. The quantitative estimate of drug-likeness (QED) is 0.518. The molecule has 3 amide bonds. The number of fused-ring (bicyclic) bond motifs is 3. The molecule has 1 saturated heterocycles. The Kier molecular flexibility index (Phi) is 7.31. The van der Waals surface area contributed by atoms with Crippen molar-refractivity contribution < 1.29 is 33.8 Å². The molecule has 10 heteroatoms. The molecule has 3 N–H and O–H groups in total. The fourth-order valence-electron chi connectivity index (χ4n) is 4.62. The molecule has 35 heavy (non-hydrogen) atoms. The van der Waals surface area contributed by atoms with Crippen LogP contribution in [0.3, 0.4) is 0 Å². The Bertz CT molecular complexity index is 1090. The van der Waals surface area contributed by atoms with Gasteiger partial charge in [-0.05, 0) is 22.3 Å². The number of carboxylic acids is 1. The van der Waals surface area contributed by atoms with Gasteiger partial charge in [-0.2, -0.15) is 0 Å². The van der Waals surface area contributed by atoms with Crippen molar-refractivity contribution in [1.82, 2.24) is 15.5 Å². The summed E-state index contributed by atoms with van der Waals surface area (Å²) >= 11 is 0. The minimum absolute atomic E-state index is 0.0989. The molecular formula is C25H27N3O7. The molecule has 2 unspecified atom stereocenters. The molecule has 0 saturated carbocycles. The molecule has 0 spiro atoms. The number of carbonyl (C=O) groups excluding carboxylic acids is 3. The van der Waals surface area contributed by atoms with Crippen LogP contribution in [0.4, 0.5) is 4.79 Å². The van der Waals surface area contributed by atoms with Crippen molar-refractivity contribution in [3.8, 4) is 11.1 Å². The van der Waals surface area contributed by atoms with Crippen LogP contribution < -0.4 is 10.6 Å². The Morgan fingerprint density at radius 2 is 1.60 bits per heavy atom. The summed E-state index contributed by atoms with van der Waals surface area (Å²) in [6, 6.07) is 14.9. The summed E-state index contributed by atoms with van der Waals surface area (Å²) in [5, 5.41) is 14.1. The Balaban J connectivity index is 1.23. The molecule has 1 fully saturated rings. The number of nitrogens with one attached hydrogen (secondary N) is 2. The highest BCUT2D eigenvalue weighted by atomic mass is 16.5. The number of carboxylic acid groups (broad SMARTS) is 1. The molecular weight excluding hydrogens is 454 g/mol. The van der Waals surface area contributed by atoms with Crippen molar-refractivity contribution in [1.29, 1.82) is 0 Å². The summed E-state index contributed by atoms with van der Waals surface area (Å²) in [6.45, 7) is -0.509. The molecule has 2 aromatic rings. The van der Waals surface area contributed by atoms with Crippen LogP contribution >= 0.6 is 0 Å². The summed E-state index contributed by atoms with van der Waals surface area (Å²) in [5.41, 5.74) is 4.38. The summed E-state index contributed by atoms with van der Waals surface area (Å²) in [6.07, 6.45) is -0.928. The molecule has 2 atom stereocenters. The zero-order valence-electron chi connectivity index (χ0n) is 19.2. The van der Waals surface area contributed by atoms with Crippen molar-refractivity contribution in [2.24, 2.45) is 0 Å². The monoisotopic (exact) mass is 481 g/mol. The van der Waals surface area contributed by atoms with Gasteiger partial charge in [0.15, 0.2) is 0 Å². The van der Waals surface area contributed by atoms with Crippen LogP contribution in [0.1, 0.15) is 23.5 Å². The van der Waals surface area contributed by atoms with Crippen LogP contribution in [0.25, 0.3) is 11.1 Å². The third-order valence-corrected chi connectivity index (χ3v) is 6.38. The number of rotatable bonds is 8. The first-order chi connectivity index (χ1) is 16.9. The van der Waals surface area contributed by atoms with E-state index in [0.717, 1.165) is 22.3 Å². The molecule has 1 aliphatic heterocycles. The van der Waals surface area contributed by atoms with Crippen LogP contribution in [0.15, 0.2) is 48.5 Å². The Labute approximate surface area is 202 Å². The SMILES string of the molecule is COC1CC(C(=O)O)N(C(=O)CNC(=O)CNC(=O)OCC2c3ccccc3-c3ccccc32)C1. The molecule has 4 rings (SSSR count). The van der Waals surface area contributed by atoms with Gasteiger partial charge in [0.05, 0.1) is 12.6 Å². The molecule has 2 aromatic carbocycles. The number of alkyl carbamates (subject to hydrolysis) is 1. The Morgan fingerprint density at radius 1 is 0.971 bits per heavy atom. The first-order valence-corrected chi connectivity index (χ1v) is 11.3. The van der Waals surface area contributed by atoms with Crippen LogP contribution in [0, 0.1) is 0 Å². The Hall–Kier alpha value is -3.92. The zero-order chi connectivity index (χ0) is 24.9. The predicted molar refractivity (Wildman–Crippen MR) is 125 cm³/mol. The number of likely N-dealkylation sites (tertiary alicyclic amines) is 1. The van der Waals surface area contributed by atoms with Crippen LogP contribution in [0.5, 0.6) is 0 Å². The molecule has 2 aliphatic rings. The van der Waals surface area contributed by atoms with E-state index in [-0.39, 0.29) is 44.7 Å². The number of aliphatic carboxylic acids is 1. The second-order valence-corrected chi connectivity index (χ2v) is 8.45. The van der Waals surface area contributed by atoms with Gasteiger partial charge in [-0.25, -0.2) is 9.59 Å². The number of hydrogen-bond donors (Lipinski definition) is 3. The molecule has 10 nitrogen and oxygen atoms in total. The van der Waals surface area contributed by atoms with Gasteiger partial charge >= 0.3 is 12.1 Å². The lowest BCUT2D eigenvalue weighted by atomic mass is 9.98. The van der Waals surface area contributed by atoms with Gasteiger partial charge in [0.2, 0.25) is 11.8 Å². The van der Waals surface area contributed by atoms with E-state index in [1.165, 1.54) is 12.0 Å². The highest BCUT2D eigenvalue weighted by Crippen LogP contribution is 2.44. The third kappa shape index (κ3) is 5.27. The summed E-state index contributed by atoms with van der Waals surface area (Å²) < 4.78 is 10.5. The van der Waals surface area contributed by atoms with E-state index >= 15 is 0 Å². The topological polar surface area (TPSA) is 134 Å². The first-order valence-electron chi connectivity index (χ1n) is 11.3. The normalized spacial score (nSPS) is 18.5.